The van der Waals surface area contributed by atoms with E-state index >= 15 is 0 Å². The van der Waals surface area contributed by atoms with Crippen LogP contribution in [0.5, 0.6) is 5.75 Å². The summed E-state index contributed by atoms with van der Waals surface area (Å²) in [7, 11) is 0. The number of carbonyl (C=O) groups excluding carboxylic acids is 1. The number of ether oxygens (including phenoxy) is 1. The van der Waals surface area contributed by atoms with Gasteiger partial charge in [0.15, 0.2) is 6.10 Å². The Morgan fingerprint density at radius 2 is 1.88 bits per heavy atom. The second-order valence-electron chi connectivity index (χ2n) is 6.71. The molecular formula is C20H21Cl2NO3. The fourth-order valence-corrected chi connectivity index (χ4v) is 3.26. The first-order valence-electron chi connectivity index (χ1n) is 8.54. The summed E-state index contributed by atoms with van der Waals surface area (Å²) in [5.74, 6) is 0.111. The van der Waals surface area contributed by atoms with E-state index in [1.54, 1.807) is 25.1 Å². The zero-order valence-electron chi connectivity index (χ0n) is 14.4. The summed E-state index contributed by atoms with van der Waals surface area (Å²) in [4.78, 5) is 12.4. The Balaban J connectivity index is 1.57. The Kier molecular flexibility index (Phi) is 5.76. The standard InChI is InChI=1S/C20H21Cl2NO3/c1-13(26-16-9-5-8-15(21)17(16)22)19(25)23-12-20(10-11-20)18(24)14-6-3-2-4-7-14/h2-9,13,18,24H,10-12H2,1H3,(H,23,25)/t13-,18+/m0/s1. The molecule has 2 aromatic carbocycles. The van der Waals surface area contributed by atoms with E-state index in [1.165, 1.54) is 0 Å². The number of hydrogen-bond acceptors (Lipinski definition) is 3. The van der Waals surface area contributed by atoms with E-state index in [9.17, 15) is 9.90 Å². The molecule has 0 aromatic heterocycles. The third kappa shape index (κ3) is 4.14. The van der Waals surface area contributed by atoms with Crippen molar-refractivity contribution >= 4 is 29.1 Å². The molecule has 1 amide bonds. The summed E-state index contributed by atoms with van der Waals surface area (Å²) in [6, 6.07) is 14.6. The maximum absolute atomic E-state index is 12.4. The molecule has 1 aliphatic rings. The van der Waals surface area contributed by atoms with Gasteiger partial charge in [-0.05, 0) is 37.5 Å². The lowest BCUT2D eigenvalue weighted by atomic mass is 9.92. The van der Waals surface area contributed by atoms with E-state index in [0.29, 0.717) is 17.3 Å². The first-order chi connectivity index (χ1) is 12.4. The molecular weight excluding hydrogens is 373 g/mol. The molecule has 2 atom stereocenters. The second kappa shape index (κ2) is 7.87. The molecule has 1 aliphatic carbocycles. The number of hydrogen-bond donors (Lipinski definition) is 2. The monoisotopic (exact) mass is 393 g/mol. The van der Waals surface area contributed by atoms with Crippen molar-refractivity contribution < 1.29 is 14.6 Å². The molecule has 0 unspecified atom stereocenters. The summed E-state index contributed by atoms with van der Waals surface area (Å²) < 4.78 is 5.63. The van der Waals surface area contributed by atoms with Crippen LogP contribution in [0.15, 0.2) is 48.5 Å². The molecule has 1 fully saturated rings. The Bertz CT molecular complexity index is 778. The van der Waals surface area contributed by atoms with Gasteiger partial charge in [0.05, 0.1) is 11.1 Å². The number of carbonyl (C=O) groups is 1. The third-order valence-corrected chi connectivity index (χ3v) is 5.59. The topological polar surface area (TPSA) is 58.6 Å². The van der Waals surface area contributed by atoms with Crippen LogP contribution in [0.1, 0.15) is 31.4 Å². The highest BCUT2D eigenvalue weighted by atomic mass is 35.5. The quantitative estimate of drug-likeness (QED) is 0.732. The lowest BCUT2D eigenvalue weighted by molar-refractivity contribution is -0.127. The van der Waals surface area contributed by atoms with Crippen molar-refractivity contribution in [3.63, 3.8) is 0 Å². The maximum Gasteiger partial charge on any atom is 0.260 e. The van der Waals surface area contributed by atoms with Crippen LogP contribution in [0.4, 0.5) is 0 Å². The number of aliphatic hydroxyl groups is 1. The lowest BCUT2D eigenvalue weighted by Crippen LogP contribution is -2.40. The number of rotatable bonds is 7. The van der Waals surface area contributed by atoms with Crippen molar-refractivity contribution in [3.05, 3.63) is 64.1 Å². The predicted molar refractivity (Wildman–Crippen MR) is 103 cm³/mol. The SMILES string of the molecule is C[C@H](Oc1cccc(Cl)c1Cl)C(=O)NCC1([C@H](O)c2ccccc2)CC1. The van der Waals surface area contributed by atoms with Crippen LogP contribution in [0.3, 0.4) is 0 Å². The number of nitrogens with one attached hydrogen (secondary N) is 1. The van der Waals surface area contributed by atoms with Gasteiger partial charge >= 0.3 is 0 Å². The molecule has 2 aromatic rings. The van der Waals surface area contributed by atoms with Gasteiger partial charge in [0.25, 0.3) is 5.91 Å². The Hall–Kier alpha value is -1.75. The van der Waals surface area contributed by atoms with Crippen molar-refractivity contribution in [1.82, 2.24) is 5.32 Å². The minimum atomic E-state index is -0.726. The van der Waals surface area contributed by atoms with Crippen LogP contribution in [0, 0.1) is 5.41 Å². The van der Waals surface area contributed by atoms with Crippen LogP contribution in [-0.2, 0) is 4.79 Å². The fraction of sp³-hybridized carbons (Fsp3) is 0.350. The summed E-state index contributed by atoms with van der Waals surface area (Å²) >= 11 is 12.0. The van der Waals surface area contributed by atoms with Crippen molar-refractivity contribution in [3.8, 4) is 5.75 Å². The van der Waals surface area contributed by atoms with E-state index in [1.807, 2.05) is 30.3 Å². The van der Waals surface area contributed by atoms with Gasteiger partial charge in [-0.1, -0.05) is 59.6 Å². The second-order valence-corrected chi connectivity index (χ2v) is 7.49. The molecule has 0 radical (unpaired) electrons. The number of amides is 1. The van der Waals surface area contributed by atoms with Crippen LogP contribution < -0.4 is 10.1 Å². The minimum absolute atomic E-state index is 0.257. The van der Waals surface area contributed by atoms with E-state index < -0.39 is 12.2 Å². The summed E-state index contributed by atoms with van der Waals surface area (Å²) in [6.45, 7) is 2.05. The average molecular weight is 394 g/mol. The number of aliphatic hydroxyl groups excluding tert-OH is 1. The van der Waals surface area contributed by atoms with E-state index in [4.69, 9.17) is 27.9 Å². The maximum atomic E-state index is 12.4. The zero-order valence-corrected chi connectivity index (χ0v) is 15.9. The molecule has 0 saturated heterocycles. The molecule has 0 bridgehead atoms. The first kappa shape index (κ1) is 19.0. The van der Waals surface area contributed by atoms with Crippen LogP contribution in [0.2, 0.25) is 10.0 Å². The van der Waals surface area contributed by atoms with Crippen molar-refractivity contribution in [1.29, 1.82) is 0 Å². The number of halogens is 2. The largest absolute Gasteiger partial charge is 0.479 e. The van der Waals surface area contributed by atoms with Crippen LogP contribution in [-0.4, -0.2) is 23.7 Å². The highest BCUT2D eigenvalue weighted by molar-refractivity contribution is 6.42. The summed E-state index contributed by atoms with van der Waals surface area (Å²) in [5, 5.41) is 14.2. The van der Waals surface area contributed by atoms with Crippen molar-refractivity contribution in [2.75, 3.05) is 6.54 Å². The smallest absolute Gasteiger partial charge is 0.260 e. The average Bonchev–Trinajstić information content (AvgIpc) is 3.44. The molecule has 26 heavy (non-hydrogen) atoms. The van der Waals surface area contributed by atoms with E-state index in [0.717, 1.165) is 18.4 Å². The molecule has 1 saturated carbocycles. The molecule has 6 heteroatoms. The minimum Gasteiger partial charge on any atom is -0.479 e. The van der Waals surface area contributed by atoms with Gasteiger partial charge in [-0.15, -0.1) is 0 Å². The van der Waals surface area contributed by atoms with E-state index in [-0.39, 0.29) is 16.3 Å². The molecule has 0 heterocycles. The Morgan fingerprint density at radius 3 is 2.54 bits per heavy atom. The van der Waals surface area contributed by atoms with Gasteiger partial charge in [0.2, 0.25) is 0 Å². The van der Waals surface area contributed by atoms with Crippen LogP contribution in [0.25, 0.3) is 0 Å². The first-order valence-corrected chi connectivity index (χ1v) is 9.30. The molecule has 2 N–H and O–H groups in total. The molecule has 0 spiro atoms. The predicted octanol–water partition coefficient (Wildman–Crippen LogP) is 4.39. The molecule has 138 valence electrons. The fourth-order valence-electron chi connectivity index (χ4n) is 2.92. The van der Waals surface area contributed by atoms with Crippen molar-refractivity contribution in [2.45, 2.75) is 32.0 Å². The van der Waals surface area contributed by atoms with E-state index in [2.05, 4.69) is 5.32 Å². The highest BCUT2D eigenvalue weighted by Gasteiger charge is 2.49. The van der Waals surface area contributed by atoms with Gasteiger partial charge in [0, 0.05) is 12.0 Å². The summed E-state index contributed by atoms with van der Waals surface area (Å²) in [5.41, 5.74) is 0.569. The zero-order chi connectivity index (χ0) is 18.7. The molecule has 0 aliphatic heterocycles. The normalized spacial score (nSPS) is 17.2. The lowest BCUT2D eigenvalue weighted by Gasteiger charge is -2.24. The van der Waals surface area contributed by atoms with Gasteiger partial charge in [-0.2, -0.15) is 0 Å². The van der Waals surface area contributed by atoms with Gasteiger partial charge in [-0.3, -0.25) is 4.79 Å². The number of benzene rings is 2. The summed E-state index contributed by atoms with van der Waals surface area (Å²) in [6.07, 6.45) is 0.426. The Morgan fingerprint density at radius 1 is 1.19 bits per heavy atom. The molecule has 4 nitrogen and oxygen atoms in total. The molecule has 3 rings (SSSR count). The highest BCUT2D eigenvalue weighted by Crippen LogP contribution is 2.54. The third-order valence-electron chi connectivity index (χ3n) is 4.79. The van der Waals surface area contributed by atoms with Gasteiger partial charge in [0.1, 0.15) is 10.8 Å². The Labute approximate surface area is 163 Å². The van der Waals surface area contributed by atoms with Gasteiger partial charge < -0.3 is 15.2 Å². The van der Waals surface area contributed by atoms with Crippen LogP contribution >= 0.6 is 23.2 Å². The van der Waals surface area contributed by atoms with Crippen molar-refractivity contribution in [2.24, 2.45) is 5.41 Å². The van der Waals surface area contributed by atoms with Gasteiger partial charge in [-0.25, -0.2) is 0 Å².